The summed E-state index contributed by atoms with van der Waals surface area (Å²) in [5.41, 5.74) is 1.57. The Morgan fingerprint density at radius 1 is 1.31 bits per heavy atom. The molecule has 1 rings (SSSR count). The standard InChI is InChI=1S/C12H18N2O2/c1-8(13-3)12(16)10-4-6-11(7-5-10)14-9(2)15/h4-8,12-13,16H,1-3H3,(H,14,15). The van der Waals surface area contributed by atoms with Gasteiger partial charge in [0.1, 0.15) is 0 Å². The molecule has 0 heterocycles. The molecule has 3 N–H and O–H groups in total. The van der Waals surface area contributed by atoms with Gasteiger partial charge in [-0.15, -0.1) is 0 Å². The van der Waals surface area contributed by atoms with Crippen LogP contribution in [0.15, 0.2) is 24.3 Å². The van der Waals surface area contributed by atoms with Crippen LogP contribution in [-0.4, -0.2) is 24.1 Å². The van der Waals surface area contributed by atoms with Crippen LogP contribution >= 0.6 is 0 Å². The van der Waals surface area contributed by atoms with E-state index in [0.717, 1.165) is 11.3 Å². The lowest BCUT2D eigenvalue weighted by molar-refractivity contribution is -0.114. The van der Waals surface area contributed by atoms with Gasteiger partial charge < -0.3 is 15.7 Å². The summed E-state index contributed by atoms with van der Waals surface area (Å²) in [6, 6.07) is 7.17. The summed E-state index contributed by atoms with van der Waals surface area (Å²) in [5, 5.41) is 15.6. The Labute approximate surface area is 95.7 Å². The predicted octanol–water partition coefficient (Wildman–Crippen LogP) is 1.29. The molecule has 0 spiro atoms. The van der Waals surface area contributed by atoms with Gasteiger partial charge in [0.2, 0.25) is 5.91 Å². The number of anilines is 1. The van der Waals surface area contributed by atoms with E-state index in [2.05, 4.69) is 10.6 Å². The highest BCUT2D eigenvalue weighted by atomic mass is 16.3. The van der Waals surface area contributed by atoms with Gasteiger partial charge in [-0.2, -0.15) is 0 Å². The van der Waals surface area contributed by atoms with Gasteiger partial charge in [0, 0.05) is 18.7 Å². The lowest BCUT2D eigenvalue weighted by atomic mass is 10.0. The van der Waals surface area contributed by atoms with Crippen molar-refractivity contribution in [3.8, 4) is 0 Å². The molecule has 0 aliphatic heterocycles. The van der Waals surface area contributed by atoms with Crippen molar-refractivity contribution in [2.45, 2.75) is 26.0 Å². The zero-order chi connectivity index (χ0) is 12.1. The van der Waals surface area contributed by atoms with Crippen LogP contribution in [0.25, 0.3) is 0 Å². The molecule has 1 amide bonds. The van der Waals surface area contributed by atoms with Crippen LogP contribution in [-0.2, 0) is 4.79 Å². The Balaban J connectivity index is 2.74. The number of carbonyl (C=O) groups is 1. The fourth-order valence-electron chi connectivity index (χ4n) is 1.41. The smallest absolute Gasteiger partial charge is 0.221 e. The van der Waals surface area contributed by atoms with Gasteiger partial charge in [-0.25, -0.2) is 0 Å². The Kier molecular flexibility index (Phi) is 4.46. The maximum atomic E-state index is 10.8. The zero-order valence-electron chi connectivity index (χ0n) is 9.82. The molecule has 0 fully saturated rings. The normalized spacial score (nSPS) is 14.2. The van der Waals surface area contributed by atoms with E-state index in [1.807, 2.05) is 19.1 Å². The van der Waals surface area contributed by atoms with E-state index >= 15 is 0 Å². The van der Waals surface area contributed by atoms with Crippen molar-refractivity contribution in [3.63, 3.8) is 0 Å². The number of hydrogen-bond acceptors (Lipinski definition) is 3. The van der Waals surface area contributed by atoms with Crippen LogP contribution in [0.2, 0.25) is 0 Å². The summed E-state index contributed by atoms with van der Waals surface area (Å²) < 4.78 is 0. The van der Waals surface area contributed by atoms with E-state index in [1.54, 1.807) is 19.2 Å². The summed E-state index contributed by atoms with van der Waals surface area (Å²) in [6.45, 7) is 3.37. The maximum absolute atomic E-state index is 10.8. The molecule has 1 aromatic carbocycles. The second-order valence-electron chi connectivity index (χ2n) is 3.83. The van der Waals surface area contributed by atoms with E-state index < -0.39 is 6.10 Å². The monoisotopic (exact) mass is 222 g/mol. The molecule has 2 unspecified atom stereocenters. The van der Waals surface area contributed by atoms with Crippen molar-refractivity contribution in [2.75, 3.05) is 12.4 Å². The number of carbonyl (C=O) groups excluding carboxylic acids is 1. The van der Waals surface area contributed by atoms with Gasteiger partial charge >= 0.3 is 0 Å². The third-order valence-corrected chi connectivity index (χ3v) is 2.50. The first kappa shape index (κ1) is 12.7. The molecular weight excluding hydrogens is 204 g/mol. The summed E-state index contributed by atoms with van der Waals surface area (Å²) in [5.74, 6) is -0.100. The number of nitrogens with one attached hydrogen (secondary N) is 2. The lowest BCUT2D eigenvalue weighted by Crippen LogP contribution is -2.28. The van der Waals surface area contributed by atoms with E-state index in [0.29, 0.717) is 0 Å². The fourth-order valence-corrected chi connectivity index (χ4v) is 1.41. The van der Waals surface area contributed by atoms with Gasteiger partial charge in [0.05, 0.1) is 6.10 Å². The van der Waals surface area contributed by atoms with E-state index in [4.69, 9.17) is 0 Å². The van der Waals surface area contributed by atoms with Crippen LogP contribution in [0, 0.1) is 0 Å². The summed E-state index contributed by atoms with van der Waals surface area (Å²) in [7, 11) is 1.81. The summed E-state index contributed by atoms with van der Waals surface area (Å²) in [6.07, 6.45) is -0.545. The molecule has 0 aliphatic rings. The van der Waals surface area contributed by atoms with Crippen molar-refractivity contribution in [3.05, 3.63) is 29.8 Å². The molecule has 2 atom stereocenters. The minimum absolute atomic E-state index is 0.00776. The second-order valence-corrected chi connectivity index (χ2v) is 3.83. The number of likely N-dealkylation sites (N-methyl/N-ethyl adjacent to an activating group) is 1. The Morgan fingerprint density at radius 3 is 2.31 bits per heavy atom. The molecule has 88 valence electrons. The molecule has 4 nitrogen and oxygen atoms in total. The van der Waals surface area contributed by atoms with Crippen LogP contribution < -0.4 is 10.6 Å². The van der Waals surface area contributed by atoms with Crippen LogP contribution in [0.1, 0.15) is 25.5 Å². The van der Waals surface area contributed by atoms with E-state index in [-0.39, 0.29) is 11.9 Å². The van der Waals surface area contributed by atoms with E-state index in [1.165, 1.54) is 6.92 Å². The van der Waals surface area contributed by atoms with Crippen LogP contribution in [0.3, 0.4) is 0 Å². The average molecular weight is 222 g/mol. The summed E-state index contributed by atoms with van der Waals surface area (Å²) >= 11 is 0. The van der Waals surface area contributed by atoms with Gasteiger partial charge in [-0.3, -0.25) is 4.79 Å². The van der Waals surface area contributed by atoms with Crippen molar-refractivity contribution < 1.29 is 9.90 Å². The number of hydrogen-bond donors (Lipinski definition) is 3. The van der Waals surface area contributed by atoms with Gasteiger partial charge in [-0.05, 0) is 31.7 Å². The lowest BCUT2D eigenvalue weighted by Gasteiger charge is -2.18. The van der Waals surface area contributed by atoms with Crippen molar-refractivity contribution in [1.29, 1.82) is 0 Å². The molecule has 0 saturated carbocycles. The van der Waals surface area contributed by atoms with Gasteiger partial charge in [0.25, 0.3) is 0 Å². The summed E-state index contributed by atoms with van der Waals surface area (Å²) in [4.78, 5) is 10.8. The number of aliphatic hydroxyl groups is 1. The fraction of sp³-hybridized carbons (Fsp3) is 0.417. The third kappa shape index (κ3) is 3.32. The molecule has 0 bridgehead atoms. The van der Waals surface area contributed by atoms with E-state index in [9.17, 15) is 9.90 Å². The molecule has 4 heteroatoms. The quantitative estimate of drug-likeness (QED) is 0.719. The highest BCUT2D eigenvalue weighted by Crippen LogP contribution is 2.18. The van der Waals surface area contributed by atoms with Crippen molar-refractivity contribution in [1.82, 2.24) is 5.32 Å². The Hall–Kier alpha value is -1.39. The highest BCUT2D eigenvalue weighted by molar-refractivity contribution is 5.88. The topological polar surface area (TPSA) is 61.4 Å². The average Bonchev–Trinajstić information content (AvgIpc) is 2.27. The largest absolute Gasteiger partial charge is 0.387 e. The first-order valence-corrected chi connectivity index (χ1v) is 5.27. The first-order chi connectivity index (χ1) is 7.54. The SMILES string of the molecule is CNC(C)C(O)c1ccc(NC(C)=O)cc1. The number of benzene rings is 1. The molecular formula is C12H18N2O2. The predicted molar refractivity (Wildman–Crippen MR) is 64.2 cm³/mol. The molecule has 1 aromatic rings. The molecule has 0 aromatic heterocycles. The second kappa shape index (κ2) is 5.63. The molecule has 0 radical (unpaired) electrons. The maximum Gasteiger partial charge on any atom is 0.221 e. The minimum atomic E-state index is -0.545. The van der Waals surface area contributed by atoms with Gasteiger partial charge in [0.15, 0.2) is 0 Å². The molecule has 16 heavy (non-hydrogen) atoms. The minimum Gasteiger partial charge on any atom is -0.387 e. The van der Waals surface area contributed by atoms with Crippen LogP contribution in [0.5, 0.6) is 0 Å². The van der Waals surface area contributed by atoms with Crippen molar-refractivity contribution in [2.24, 2.45) is 0 Å². The number of amides is 1. The van der Waals surface area contributed by atoms with Crippen molar-refractivity contribution >= 4 is 11.6 Å². The van der Waals surface area contributed by atoms with Crippen LogP contribution in [0.4, 0.5) is 5.69 Å². The molecule has 0 saturated heterocycles. The molecule has 0 aliphatic carbocycles. The Morgan fingerprint density at radius 2 is 1.88 bits per heavy atom. The third-order valence-electron chi connectivity index (χ3n) is 2.50. The number of aliphatic hydroxyl groups excluding tert-OH is 1. The zero-order valence-corrected chi connectivity index (χ0v) is 9.82. The highest BCUT2D eigenvalue weighted by Gasteiger charge is 2.13. The first-order valence-electron chi connectivity index (χ1n) is 5.27. The Bertz CT molecular complexity index is 349. The van der Waals surface area contributed by atoms with Gasteiger partial charge in [-0.1, -0.05) is 12.1 Å². The number of rotatable bonds is 4.